The zero-order valence-corrected chi connectivity index (χ0v) is 19.5. The van der Waals surface area contributed by atoms with Crippen LogP contribution in [0.2, 0.25) is 0 Å². The molecule has 1 atom stereocenters. The van der Waals surface area contributed by atoms with Gasteiger partial charge in [-0.2, -0.15) is 5.26 Å². The van der Waals surface area contributed by atoms with Crippen LogP contribution in [0.15, 0.2) is 54.0 Å². The summed E-state index contributed by atoms with van der Waals surface area (Å²) in [5.74, 6) is 0.112. The van der Waals surface area contributed by atoms with Gasteiger partial charge >= 0.3 is 0 Å². The van der Waals surface area contributed by atoms with Crippen LogP contribution in [0.3, 0.4) is 0 Å². The Bertz CT molecular complexity index is 943. The molecule has 0 aromatic carbocycles. The summed E-state index contributed by atoms with van der Waals surface area (Å²) in [6.07, 6.45) is 8.20. The summed E-state index contributed by atoms with van der Waals surface area (Å²) in [6, 6.07) is 6.94. The number of nitrogens with one attached hydrogen (secondary N) is 3. The highest BCUT2D eigenvalue weighted by Crippen LogP contribution is 2.21. The second-order valence-corrected chi connectivity index (χ2v) is 7.67. The van der Waals surface area contributed by atoms with Crippen molar-refractivity contribution in [2.75, 3.05) is 18.5 Å². The molecule has 1 amide bonds. The fraction of sp³-hybridized carbons (Fsp3) is 0.381. The molecule has 5 N–H and O–H groups in total. The van der Waals surface area contributed by atoms with Crippen LogP contribution in [0, 0.1) is 27.0 Å². The Labute approximate surface area is 197 Å². The Hall–Kier alpha value is -4.31. The van der Waals surface area contributed by atoms with E-state index < -0.39 is 5.09 Å². The number of hydrogen-bond donors (Lipinski definition) is 3. The molecule has 0 aliphatic rings. The minimum absolute atomic E-state index is 0. The minimum atomic E-state index is -0.907. The van der Waals surface area contributed by atoms with Crippen LogP contribution in [0.4, 0.5) is 5.69 Å². The average Bonchev–Trinajstić information content (AvgIpc) is 2.77. The predicted octanol–water partition coefficient (Wildman–Crippen LogP) is 1.55. The van der Waals surface area contributed by atoms with E-state index in [1.165, 1.54) is 6.20 Å². The zero-order chi connectivity index (χ0) is 24.7. The molecule has 0 radical (unpaired) electrons. The number of nitrogens with zero attached hydrogens (tertiary/aromatic N) is 5. The van der Waals surface area contributed by atoms with Gasteiger partial charge in [0.2, 0.25) is 5.96 Å². The summed E-state index contributed by atoms with van der Waals surface area (Å²) in [6.45, 7) is 8.26. The first kappa shape index (κ1) is 29.7. The first-order valence-electron chi connectivity index (χ1n) is 9.99. The summed E-state index contributed by atoms with van der Waals surface area (Å²) in [4.78, 5) is 37.3. The third-order valence-electron chi connectivity index (χ3n) is 4.20. The fourth-order valence-corrected chi connectivity index (χ4v) is 1.99. The van der Waals surface area contributed by atoms with E-state index >= 15 is 0 Å². The van der Waals surface area contributed by atoms with Gasteiger partial charge in [0.05, 0.1) is 11.6 Å². The summed E-state index contributed by atoms with van der Waals surface area (Å²) in [5, 5.41) is 25.7. The van der Waals surface area contributed by atoms with Crippen molar-refractivity contribution < 1.29 is 20.2 Å². The van der Waals surface area contributed by atoms with Gasteiger partial charge in [-0.3, -0.25) is 20.1 Å². The van der Waals surface area contributed by atoms with Crippen molar-refractivity contribution in [3.05, 3.63) is 64.7 Å². The highest BCUT2D eigenvalue weighted by Gasteiger charge is 2.20. The molecule has 2 aromatic rings. The van der Waals surface area contributed by atoms with Gasteiger partial charge in [-0.15, -0.1) is 10.1 Å². The quantitative estimate of drug-likeness (QED) is 0.101. The monoisotopic (exact) mass is 474 g/mol. The number of aromatic nitrogens is 2. The van der Waals surface area contributed by atoms with E-state index in [-0.39, 0.29) is 36.0 Å². The first-order chi connectivity index (χ1) is 15.6. The maximum Gasteiger partial charge on any atom is 0.294 e. The number of amides is 1. The number of aliphatic imine (C=N–C) groups is 1. The number of rotatable bonds is 7. The number of hydrogen-bond acceptors (Lipinski definition) is 8. The van der Waals surface area contributed by atoms with Crippen LogP contribution in [-0.2, 0) is 4.84 Å². The highest BCUT2D eigenvalue weighted by molar-refractivity contribution is 5.94. The number of pyridine rings is 2. The lowest BCUT2D eigenvalue weighted by Gasteiger charge is -2.24. The summed E-state index contributed by atoms with van der Waals surface area (Å²) in [7, 11) is 0. The van der Waals surface area contributed by atoms with Crippen molar-refractivity contribution in [2.24, 2.45) is 10.4 Å². The van der Waals surface area contributed by atoms with Gasteiger partial charge in [0, 0.05) is 37.0 Å². The van der Waals surface area contributed by atoms with Crippen molar-refractivity contribution in [3.8, 4) is 6.19 Å². The largest absolute Gasteiger partial charge is 0.412 e. The lowest BCUT2D eigenvalue weighted by Crippen LogP contribution is -2.31. The van der Waals surface area contributed by atoms with E-state index in [0.717, 1.165) is 5.69 Å². The second-order valence-electron chi connectivity index (χ2n) is 7.67. The lowest BCUT2D eigenvalue weighted by atomic mass is 9.88. The molecule has 1 unspecified atom stereocenters. The molecule has 13 heteroatoms. The first-order valence-corrected chi connectivity index (χ1v) is 9.99. The van der Waals surface area contributed by atoms with Crippen molar-refractivity contribution in [3.63, 3.8) is 0 Å². The van der Waals surface area contributed by atoms with Gasteiger partial charge in [0.1, 0.15) is 6.61 Å². The number of guanidine groups is 1. The van der Waals surface area contributed by atoms with Crippen LogP contribution in [0.1, 0.15) is 38.1 Å². The Morgan fingerprint density at radius 1 is 1.26 bits per heavy atom. The van der Waals surface area contributed by atoms with Gasteiger partial charge in [0.15, 0.2) is 6.19 Å². The van der Waals surface area contributed by atoms with E-state index in [4.69, 9.17) is 5.26 Å². The second kappa shape index (κ2) is 15.5. The lowest BCUT2D eigenvalue weighted by molar-refractivity contribution is -0.757. The molecule has 184 valence electrons. The smallest absolute Gasteiger partial charge is 0.294 e. The number of carbonyl (C=O) groups is 1. The van der Waals surface area contributed by atoms with Gasteiger partial charge in [-0.25, -0.2) is 4.99 Å². The Balaban J connectivity index is 0.000000632. The van der Waals surface area contributed by atoms with Crippen LogP contribution in [0.25, 0.3) is 0 Å². The molecule has 0 bridgehead atoms. The fourth-order valence-electron chi connectivity index (χ4n) is 1.99. The maximum atomic E-state index is 11.3. The molecule has 0 spiro atoms. The normalized spacial score (nSPS) is 11.3. The molecular formula is C21H30N8O5. The van der Waals surface area contributed by atoms with E-state index in [2.05, 4.69) is 56.5 Å². The van der Waals surface area contributed by atoms with Crippen molar-refractivity contribution in [1.82, 2.24) is 20.6 Å². The van der Waals surface area contributed by atoms with Gasteiger partial charge < -0.3 is 20.9 Å². The van der Waals surface area contributed by atoms with Crippen LogP contribution in [0.5, 0.6) is 0 Å². The van der Waals surface area contributed by atoms with Crippen molar-refractivity contribution in [1.29, 1.82) is 5.26 Å². The standard InChI is InChI=1S/C13H19N5.C8H9N3O4.H2O/c1-10(13(2,3)4)17-12(16-9-14)18-11-5-7-15-8-6-11;12-8(7-2-1-3-9-6-7)10-4-5-15-11(13)14;/h5-8,10H,1-4H3,(H2,15,16,17,18);1-3,6H,4-5H2,(H,10,12);1H2. The van der Waals surface area contributed by atoms with Crippen LogP contribution < -0.4 is 16.0 Å². The van der Waals surface area contributed by atoms with E-state index in [1.54, 1.807) is 30.7 Å². The molecule has 2 rings (SSSR count). The highest BCUT2D eigenvalue weighted by atomic mass is 16.9. The summed E-state index contributed by atoms with van der Waals surface area (Å²) in [5.41, 5.74) is 1.29. The molecule has 0 aliphatic carbocycles. The molecule has 0 fully saturated rings. The molecule has 34 heavy (non-hydrogen) atoms. The maximum absolute atomic E-state index is 11.3. The molecule has 0 saturated carbocycles. The molecule has 2 heterocycles. The Morgan fingerprint density at radius 2 is 1.94 bits per heavy atom. The summed E-state index contributed by atoms with van der Waals surface area (Å²) < 4.78 is 0. The molecular weight excluding hydrogens is 444 g/mol. The topological polar surface area (TPSA) is 199 Å². The van der Waals surface area contributed by atoms with Gasteiger partial charge in [-0.1, -0.05) is 20.8 Å². The predicted molar refractivity (Wildman–Crippen MR) is 126 cm³/mol. The minimum Gasteiger partial charge on any atom is -0.412 e. The molecule has 0 aliphatic heterocycles. The van der Waals surface area contributed by atoms with E-state index in [0.29, 0.717) is 11.5 Å². The van der Waals surface area contributed by atoms with Gasteiger partial charge in [0.25, 0.3) is 11.0 Å². The van der Waals surface area contributed by atoms with Crippen molar-refractivity contribution in [2.45, 2.75) is 33.7 Å². The SMILES string of the molecule is CC(N=C(NC#N)Nc1ccncc1)C(C)(C)C.O.O=C(NCCO[N+](=O)[O-])c1cccnc1. The third kappa shape index (κ3) is 12.5. The van der Waals surface area contributed by atoms with Crippen molar-refractivity contribution >= 4 is 17.6 Å². The molecule has 0 saturated heterocycles. The van der Waals surface area contributed by atoms with Crippen LogP contribution >= 0.6 is 0 Å². The number of carbonyl (C=O) groups excluding carboxylic acids is 1. The summed E-state index contributed by atoms with van der Waals surface area (Å²) >= 11 is 0. The van der Waals surface area contributed by atoms with Crippen LogP contribution in [-0.4, -0.2) is 51.6 Å². The van der Waals surface area contributed by atoms with Gasteiger partial charge in [-0.05, 0) is 36.6 Å². The molecule has 2 aromatic heterocycles. The van der Waals surface area contributed by atoms with E-state index in [9.17, 15) is 14.9 Å². The average molecular weight is 475 g/mol. The third-order valence-corrected chi connectivity index (χ3v) is 4.20. The number of anilines is 1. The Kier molecular flexibility index (Phi) is 13.5. The molecule has 13 nitrogen and oxygen atoms in total. The Morgan fingerprint density at radius 3 is 2.47 bits per heavy atom. The van der Waals surface area contributed by atoms with E-state index in [1.807, 2.05) is 25.2 Å². The zero-order valence-electron chi connectivity index (χ0n) is 19.5. The number of nitriles is 1.